The van der Waals surface area contributed by atoms with Crippen LogP contribution in [0.25, 0.3) is 0 Å². The molecule has 0 aliphatic heterocycles. The summed E-state index contributed by atoms with van der Waals surface area (Å²) in [6, 6.07) is 0. The molecule has 0 radical (unpaired) electrons. The Balaban J connectivity index is 3.24. The van der Waals surface area contributed by atoms with Gasteiger partial charge in [0.25, 0.3) is 0 Å². The molecule has 0 heterocycles. The van der Waals surface area contributed by atoms with Crippen LogP contribution in [0.4, 0.5) is 22.0 Å². The van der Waals surface area contributed by atoms with Gasteiger partial charge >= 0.3 is 0 Å². The zero-order chi connectivity index (χ0) is 13.2. The second kappa shape index (κ2) is 5.44. The standard InChI is InChI=1S/C11H11F5O/c1-2-3-4-5(17)6-7(12)9(14)11(16)10(15)8(6)13/h5,17H,2-4H2,1H3/t5-/m0/s1. The van der Waals surface area contributed by atoms with Crippen LogP contribution in [-0.2, 0) is 0 Å². The number of unbranched alkanes of at least 4 members (excludes halogenated alkanes) is 1. The molecule has 0 unspecified atom stereocenters. The minimum absolute atomic E-state index is 0.0607. The highest BCUT2D eigenvalue weighted by Gasteiger charge is 2.29. The zero-order valence-corrected chi connectivity index (χ0v) is 9.04. The fraction of sp³-hybridized carbons (Fsp3) is 0.455. The smallest absolute Gasteiger partial charge is 0.200 e. The number of hydrogen-bond donors (Lipinski definition) is 1. The van der Waals surface area contributed by atoms with Gasteiger partial charge in [0.15, 0.2) is 23.3 Å². The van der Waals surface area contributed by atoms with Crippen molar-refractivity contribution in [3.63, 3.8) is 0 Å². The molecule has 1 aromatic carbocycles. The van der Waals surface area contributed by atoms with E-state index < -0.39 is 40.8 Å². The van der Waals surface area contributed by atoms with Gasteiger partial charge < -0.3 is 5.11 Å². The summed E-state index contributed by atoms with van der Waals surface area (Å²) in [7, 11) is 0. The van der Waals surface area contributed by atoms with Crippen molar-refractivity contribution in [1.82, 2.24) is 0 Å². The first-order chi connectivity index (χ1) is 7.91. The van der Waals surface area contributed by atoms with Gasteiger partial charge in [-0.05, 0) is 6.42 Å². The summed E-state index contributed by atoms with van der Waals surface area (Å²) >= 11 is 0. The number of benzene rings is 1. The van der Waals surface area contributed by atoms with E-state index in [2.05, 4.69) is 0 Å². The van der Waals surface area contributed by atoms with Crippen LogP contribution in [0, 0.1) is 29.1 Å². The molecule has 0 bridgehead atoms. The highest BCUT2D eigenvalue weighted by Crippen LogP contribution is 2.30. The molecule has 1 nitrogen and oxygen atoms in total. The molecule has 1 N–H and O–H groups in total. The van der Waals surface area contributed by atoms with Crippen LogP contribution < -0.4 is 0 Å². The van der Waals surface area contributed by atoms with Crippen molar-refractivity contribution in [2.75, 3.05) is 0 Å². The van der Waals surface area contributed by atoms with Gasteiger partial charge in [-0.3, -0.25) is 0 Å². The van der Waals surface area contributed by atoms with Gasteiger partial charge in [0, 0.05) is 0 Å². The fourth-order valence-electron chi connectivity index (χ4n) is 1.46. The van der Waals surface area contributed by atoms with E-state index in [1.165, 1.54) is 0 Å². The number of aliphatic hydroxyl groups excluding tert-OH is 1. The van der Waals surface area contributed by atoms with E-state index in [-0.39, 0.29) is 6.42 Å². The van der Waals surface area contributed by atoms with Gasteiger partial charge in [-0.2, -0.15) is 0 Å². The summed E-state index contributed by atoms with van der Waals surface area (Å²) in [6.07, 6.45) is -0.707. The lowest BCUT2D eigenvalue weighted by atomic mass is 10.0. The molecule has 1 aromatic rings. The van der Waals surface area contributed by atoms with Crippen LogP contribution in [0.5, 0.6) is 0 Å². The van der Waals surface area contributed by atoms with Crippen molar-refractivity contribution in [2.24, 2.45) is 0 Å². The normalized spacial score (nSPS) is 12.9. The van der Waals surface area contributed by atoms with Gasteiger partial charge in [0.1, 0.15) is 0 Å². The Morgan fingerprint density at radius 1 is 0.882 bits per heavy atom. The minimum atomic E-state index is -2.22. The lowest BCUT2D eigenvalue weighted by Gasteiger charge is -2.13. The number of rotatable bonds is 4. The Morgan fingerprint density at radius 3 is 1.71 bits per heavy atom. The first-order valence-corrected chi connectivity index (χ1v) is 5.11. The van der Waals surface area contributed by atoms with Crippen LogP contribution >= 0.6 is 0 Å². The summed E-state index contributed by atoms with van der Waals surface area (Å²) < 4.78 is 64.7. The third-order valence-electron chi connectivity index (χ3n) is 2.41. The Kier molecular flexibility index (Phi) is 4.45. The quantitative estimate of drug-likeness (QED) is 0.494. The molecule has 0 aliphatic carbocycles. The van der Waals surface area contributed by atoms with Crippen LogP contribution in [0.3, 0.4) is 0 Å². The van der Waals surface area contributed by atoms with E-state index in [0.29, 0.717) is 12.8 Å². The van der Waals surface area contributed by atoms with Crippen LogP contribution in [0.2, 0.25) is 0 Å². The molecule has 1 rings (SSSR count). The topological polar surface area (TPSA) is 20.2 Å². The van der Waals surface area contributed by atoms with E-state index in [9.17, 15) is 27.1 Å². The molecule has 0 fully saturated rings. The molecule has 1 atom stereocenters. The Morgan fingerprint density at radius 2 is 1.29 bits per heavy atom. The molecule has 0 saturated carbocycles. The number of hydrogen-bond acceptors (Lipinski definition) is 1. The molecular formula is C11H11F5O. The second-order valence-corrected chi connectivity index (χ2v) is 3.64. The second-order valence-electron chi connectivity index (χ2n) is 3.64. The molecule has 0 amide bonds. The lowest BCUT2D eigenvalue weighted by Crippen LogP contribution is -2.11. The molecule has 96 valence electrons. The predicted molar refractivity (Wildman–Crippen MR) is 50.7 cm³/mol. The van der Waals surface area contributed by atoms with Crippen molar-refractivity contribution < 1.29 is 27.1 Å². The van der Waals surface area contributed by atoms with E-state index in [1.807, 2.05) is 0 Å². The van der Waals surface area contributed by atoms with E-state index in [1.54, 1.807) is 6.92 Å². The largest absolute Gasteiger partial charge is 0.388 e. The summed E-state index contributed by atoms with van der Waals surface area (Å²) in [4.78, 5) is 0. The van der Waals surface area contributed by atoms with Gasteiger partial charge in [-0.1, -0.05) is 19.8 Å². The third-order valence-corrected chi connectivity index (χ3v) is 2.41. The van der Waals surface area contributed by atoms with Crippen LogP contribution in [-0.4, -0.2) is 5.11 Å². The Labute approximate surface area is 94.9 Å². The lowest BCUT2D eigenvalue weighted by molar-refractivity contribution is 0.150. The first kappa shape index (κ1) is 13.9. The zero-order valence-electron chi connectivity index (χ0n) is 9.04. The third kappa shape index (κ3) is 2.57. The Bertz CT molecular complexity index is 390. The molecular weight excluding hydrogens is 243 g/mol. The van der Waals surface area contributed by atoms with Crippen molar-refractivity contribution >= 4 is 0 Å². The maximum atomic E-state index is 13.2. The summed E-state index contributed by atoms with van der Waals surface area (Å²) in [5.74, 6) is -10.2. The highest BCUT2D eigenvalue weighted by molar-refractivity contribution is 5.25. The SMILES string of the molecule is CCCC[C@H](O)c1c(F)c(F)c(F)c(F)c1F. The van der Waals surface area contributed by atoms with E-state index in [4.69, 9.17) is 0 Å². The van der Waals surface area contributed by atoms with Crippen molar-refractivity contribution in [3.05, 3.63) is 34.6 Å². The van der Waals surface area contributed by atoms with Crippen LogP contribution in [0.1, 0.15) is 37.9 Å². The maximum absolute atomic E-state index is 13.2. The first-order valence-electron chi connectivity index (χ1n) is 5.11. The molecule has 0 saturated heterocycles. The van der Waals surface area contributed by atoms with Crippen molar-refractivity contribution in [3.8, 4) is 0 Å². The van der Waals surface area contributed by atoms with Crippen LogP contribution in [0.15, 0.2) is 0 Å². The summed E-state index contributed by atoms with van der Waals surface area (Å²) in [6.45, 7) is 1.77. The molecule has 6 heteroatoms. The average Bonchev–Trinajstić information content (AvgIpc) is 2.31. The van der Waals surface area contributed by atoms with Gasteiger partial charge in [-0.15, -0.1) is 0 Å². The van der Waals surface area contributed by atoms with Gasteiger partial charge in [-0.25, -0.2) is 22.0 Å². The highest BCUT2D eigenvalue weighted by atomic mass is 19.2. The molecule has 17 heavy (non-hydrogen) atoms. The Hall–Kier alpha value is -1.17. The van der Waals surface area contributed by atoms with Crippen molar-refractivity contribution in [2.45, 2.75) is 32.3 Å². The number of halogens is 5. The molecule has 0 spiro atoms. The minimum Gasteiger partial charge on any atom is -0.388 e. The average molecular weight is 254 g/mol. The molecule has 0 aliphatic rings. The monoisotopic (exact) mass is 254 g/mol. The predicted octanol–water partition coefficient (Wildman–Crippen LogP) is 3.61. The van der Waals surface area contributed by atoms with Gasteiger partial charge in [0.2, 0.25) is 5.82 Å². The van der Waals surface area contributed by atoms with Crippen molar-refractivity contribution in [1.29, 1.82) is 0 Å². The summed E-state index contributed by atoms with van der Waals surface area (Å²) in [5.41, 5.74) is -1.16. The number of aliphatic hydroxyl groups is 1. The van der Waals surface area contributed by atoms with Gasteiger partial charge in [0.05, 0.1) is 11.7 Å². The maximum Gasteiger partial charge on any atom is 0.200 e. The molecule has 0 aromatic heterocycles. The fourth-order valence-corrected chi connectivity index (χ4v) is 1.46. The van der Waals surface area contributed by atoms with E-state index in [0.717, 1.165) is 0 Å². The summed E-state index contributed by atoms with van der Waals surface area (Å²) in [5, 5.41) is 9.42. The van der Waals surface area contributed by atoms with E-state index >= 15 is 0 Å².